The molecule has 3 heterocycles. The van der Waals surface area contributed by atoms with Crippen LogP contribution >= 0.6 is 0 Å². The molecule has 0 atom stereocenters. The van der Waals surface area contributed by atoms with Gasteiger partial charge in [-0.15, -0.1) is 0 Å². The van der Waals surface area contributed by atoms with Crippen molar-refractivity contribution in [3.05, 3.63) is 66.6 Å². The maximum Gasteiger partial charge on any atom is 0.354 e. The highest BCUT2D eigenvalue weighted by Crippen LogP contribution is 2.28. The van der Waals surface area contributed by atoms with Crippen LogP contribution in [0.5, 0.6) is 0 Å². The van der Waals surface area contributed by atoms with Crippen molar-refractivity contribution in [3.8, 4) is 22.6 Å². The molecule has 3 rings (SSSR count). The maximum atomic E-state index is 11.1. The predicted molar refractivity (Wildman–Crippen MR) is 77.7 cm³/mol. The number of pyridine rings is 3. The van der Waals surface area contributed by atoms with Crippen molar-refractivity contribution in [2.75, 3.05) is 0 Å². The first-order chi connectivity index (χ1) is 10.3. The number of carboxylic acids is 1. The highest BCUT2D eigenvalue weighted by molar-refractivity contribution is 5.88. The van der Waals surface area contributed by atoms with Gasteiger partial charge >= 0.3 is 5.97 Å². The van der Waals surface area contributed by atoms with E-state index in [1.54, 1.807) is 30.6 Å². The van der Waals surface area contributed by atoms with Gasteiger partial charge in [-0.05, 0) is 36.4 Å². The molecule has 5 nitrogen and oxygen atoms in total. The summed E-state index contributed by atoms with van der Waals surface area (Å²) in [5, 5.41) is 9.12. The highest BCUT2D eigenvalue weighted by atomic mass is 16.4. The molecule has 0 radical (unpaired) electrons. The van der Waals surface area contributed by atoms with E-state index in [0.717, 1.165) is 11.3 Å². The summed E-state index contributed by atoms with van der Waals surface area (Å²) in [6, 6.07) is 14.1. The van der Waals surface area contributed by atoms with E-state index in [1.807, 2.05) is 24.3 Å². The first kappa shape index (κ1) is 12.9. The fourth-order valence-corrected chi connectivity index (χ4v) is 2.01. The number of hydrogen-bond donors (Lipinski definition) is 1. The Morgan fingerprint density at radius 1 is 0.857 bits per heavy atom. The second-order valence-electron chi connectivity index (χ2n) is 4.33. The van der Waals surface area contributed by atoms with Crippen LogP contribution in [-0.4, -0.2) is 26.0 Å². The van der Waals surface area contributed by atoms with Crippen molar-refractivity contribution >= 4 is 5.97 Å². The molecule has 0 unspecified atom stereocenters. The van der Waals surface area contributed by atoms with Crippen LogP contribution in [-0.2, 0) is 0 Å². The second kappa shape index (κ2) is 5.50. The van der Waals surface area contributed by atoms with E-state index in [1.165, 1.54) is 6.07 Å². The van der Waals surface area contributed by atoms with E-state index in [0.29, 0.717) is 11.4 Å². The predicted octanol–water partition coefficient (Wildman–Crippen LogP) is 2.90. The summed E-state index contributed by atoms with van der Waals surface area (Å²) in [6.07, 6.45) is 3.33. The molecule has 5 heteroatoms. The van der Waals surface area contributed by atoms with Crippen LogP contribution in [0, 0.1) is 0 Å². The number of aromatic nitrogens is 3. The van der Waals surface area contributed by atoms with E-state index in [-0.39, 0.29) is 5.69 Å². The zero-order valence-electron chi connectivity index (χ0n) is 11.0. The van der Waals surface area contributed by atoms with Crippen LogP contribution in [0.15, 0.2) is 60.9 Å². The molecule has 0 aliphatic heterocycles. The lowest BCUT2D eigenvalue weighted by molar-refractivity contribution is 0.0690. The monoisotopic (exact) mass is 277 g/mol. The van der Waals surface area contributed by atoms with Crippen molar-refractivity contribution in [3.63, 3.8) is 0 Å². The van der Waals surface area contributed by atoms with Crippen molar-refractivity contribution < 1.29 is 9.90 Å². The van der Waals surface area contributed by atoms with E-state index in [9.17, 15) is 4.79 Å². The molecule has 1 N–H and O–H groups in total. The molecule has 0 amide bonds. The van der Waals surface area contributed by atoms with Crippen LogP contribution in [0.1, 0.15) is 10.5 Å². The first-order valence-electron chi connectivity index (χ1n) is 6.33. The third-order valence-corrected chi connectivity index (χ3v) is 2.96. The van der Waals surface area contributed by atoms with E-state index in [2.05, 4.69) is 15.0 Å². The van der Waals surface area contributed by atoms with E-state index in [4.69, 9.17) is 5.11 Å². The Bertz CT molecular complexity index is 774. The normalized spacial score (nSPS) is 10.3. The molecule has 3 aromatic rings. The van der Waals surface area contributed by atoms with Crippen molar-refractivity contribution in [2.45, 2.75) is 0 Å². The number of hydrogen-bond acceptors (Lipinski definition) is 4. The van der Waals surface area contributed by atoms with Gasteiger partial charge in [-0.2, -0.15) is 0 Å². The van der Waals surface area contributed by atoms with E-state index >= 15 is 0 Å². The first-order valence-corrected chi connectivity index (χ1v) is 6.33. The van der Waals surface area contributed by atoms with Gasteiger partial charge in [-0.25, -0.2) is 9.78 Å². The summed E-state index contributed by atoms with van der Waals surface area (Å²) in [5.41, 5.74) is 2.58. The Labute approximate surface area is 121 Å². The maximum absolute atomic E-state index is 11.1. The number of aromatic carboxylic acids is 1. The number of carboxylic acid groups (broad SMARTS) is 1. The topological polar surface area (TPSA) is 76.0 Å². The summed E-state index contributed by atoms with van der Waals surface area (Å²) >= 11 is 0. The number of nitrogens with zero attached hydrogens (tertiary/aromatic N) is 3. The van der Waals surface area contributed by atoms with Crippen LogP contribution in [0.25, 0.3) is 22.6 Å². The Balaban J connectivity index is 2.23. The quantitative estimate of drug-likeness (QED) is 0.796. The van der Waals surface area contributed by atoms with Gasteiger partial charge in [-0.3, -0.25) is 9.97 Å². The van der Waals surface area contributed by atoms with Crippen LogP contribution < -0.4 is 0 Å². The Morgan fingerprint density at radius 2 is 1.52 bits per heavy atom. The zero-order chi connectivity index (χ0) is 14.7. The van der Waals surface area contributed by atoms with Crippen LogP contribution in [0.3, 0.4) is 0 Å². The van der Waals surface area contributed by atoms with Crippen LogP contribution in [0.2, 0.25) is 0 Å². The van der Waals surface area contributed by atoms with E-state index < -0.39 is 5.97 Å². The Morgan fingerprint density at radius 3 is 2.10 bits per heavy atom. The van der Waals surface area contributed by atoms with Gasteiger partial charge in [-0.1, -0.05) is 12.1 Å². The minimum absolute atomic E-state index is 0.0182. The minimum Gasteiger partial charge on any atom is -0.477 e. The lowest BCUT2D eigenvalue weighted by Gasteiger charge is -2.08. The Kier molecular flexibility index (Phi) is 3.39. The van der Waals surface area contributed by atoms with Gasteiger partial charge in [0.15, 0.2) is 0 Å². The molecule has 0 aliphatic rings. The number of carbonyl (C=O) groups is 1. The van der Waals surface area contributed by atoms with Crippen molar-refractivity contribution in [2.24, 2.45) is 0 Å². The second-order valence-corrected chi connectivity index (χ2v) is 4.33. The molecule has 21 heavy (non-hydrogen) atoms. The molecule has 0 aromatic carbocycles. The summed E-state index contributed by atoms with van der Waals surface area (Å²) in [6.45, 7) is 0. The average Bonchev–Trinajstić information content (AvgIpc) is 2.56. The summed E-state index contributed by atoms with van der Waals surface area (Å²) in [7, 11) is 0. The van der Waals surface area contributed by atoms with Gasteiger partial charge in [0.25, 0.3) is 0 Å². The lowest BCUT2D eigenvalue weighted by atomic mass is 10.1. The molecule has 3 aromatic heterocycles. The summed E-state index contributed by atoms with van der Waals surface area (Å²) in [4.78, 5) is 23.9. The summed E-state index contributed by atoms with van der Waals surface area (Å²) < 4.78 is 0. The lowest BCUT2D eigenvalue weighted by Crippen LogP contribution is -2.03. The van der Waals surface area contributed by atoms with Gasteiger partial charge in [0.2, 0.25) is 0 Å². The average molecular weight is 277 g/mol. The summed E-state index contributed by atoms with van der Waals surface area (Å²) in [5.74, 6) is -1.07. The highest BCUT2D eigenvalue weighted by Gasteiger charge is 2.14. The Hall–Kier alpha value is -3.08. The zero-order valence-corrected chi connectivity index (χ0v) is 11.0. The SMILES string of the molecule is O=C(O)c1ccc(-c2ccccn2)c(-c2ccccn2)n1. The molecule has 0 bridgehead atoms. The van der Waals surface area contributed by atoms with Gasteiger partial charge < -0.3 is 5.11 Å². The molecule has 0 saturated carbocycles. The van der Waals surface area contributed by atoms with Gasteiger partial charge in [0.1, 0.15) is 5.69 Å². The van der Waals surface area contributed by atoms with Crippen molar-refractivity contribution in [1.29, 1.82) is 0 Å². The molecular formula is C16H11N3O2. The van der Waals surface area contributed by atoms with Crippen molar-refractivity contribution in [1.82, 2.24) is 15.0 Å². The molecule has 0 saturated heterocycles. The molecular weight excluding hydrogens is 266 g/mol. The van der Waals surface area contributed by atoms with Crippen LogP contribution in [0.4, 0.5) is 0 Å². The smallest absolute Gasteiger partial charge is 0.354 e. The fourth-order valence-electron chi connectivity index (χ4n) is 2.01. The molecule has 102 valence electrons. The molecule has 0 fully saturated rings. The largest absolute Gasteiger partial charge is 0.477 e. The van der Waals surface area contributed by atoms with Gasteiger partial charge in [0, 0.05) is 18.0 Å². The standard InChI is InChI=1S/C16H11N3O2/c20-16(21)14-8-7-11(12-5-1-3-9-17-12)15(19-14)13-6-2-4-10-18-13/h1-10H,(H,20,21). The molecule has 0 aliphatic carbocycles. The third-order valence-electron chi connectivity index (χ3n) is 2.96. The molecule has 0 spiro atoms. The minimum atomic E-state index is -1.07. The fraction of sp³-hybridized carbons (Fsp3) is 0. The number of rotatable bonds is 3. The van der Waals surface area contributed by atoms with Gasteiger partial charge in [0.05, 0.1) is 17.1 Å². The third kappa shape index (κ3) is 2.62.